The van der Waals surface area contributed by atoms with Gasteiger partial charge in [-0.1, -0.05) is 0 Å². The average molecular weight is 343 g/mol. The van der Waals surface area contributed by atoms with Crippen LogP contribution in [0.3, 0.4) is 0 Å². The summed E-state index contributed by atoms with van der Waals surface area (Å²) >= 11 is 0. The molecular weight excluding hydrogens is 323 g/mol. The average Bonchev–Trinajstić information content (AvgIpc) is 2.42. The molecular formula is C15H20ClFN4O2. The van der Waals surface area contributed by atoms with Crippen LogP contribution in [-0.2, 0) is 10.3 Å². The molecule has 126 valence electrons. The van der Waals surface area contributed by atoms with Crippen molar-refractivity contribution in [3.05, 3.63) is 35.1 Å². The number of hydrogen-bond acceptors (Lipinski definition) is 4. The summed E-state index contributed by atoms with van der Waals surface area (Å²) in [6.45, 7) is 5.52. The normalized spacial score (nSPS) is 21.0. The SMILES string of the molecule is CC(C)N1CC(C)(c2cc(C(N)=O)ccc2F)N=C(N)C1=O.Cl. The van der Waals surface area contributed by atoms with Crippen LogP contribution in [0.1, 0.15) is 36.7 Å². The van der Waals surface area contributed by atoms with E-state index in [1.54, 1.807) is 6.92 Å². The van der Waals surface area contributed by atoms with E-state index in [4.69, 9.17) is 11.5 Å². The van der Waals surface area contributed by atoms with E-state index in [1.165, 1.54) is 23.1 Å². The second-order valence-corrected chi connectivity index (χ2v) is 5.86. The molecule has 1 aromatic rings. The number of benzene rings is 1. The van der Waals surface area contributed by atoms with Crippen molar-refractivity contribution in [2.75, 3.05) is 6.54 Å². The third-order valence-corrected chi connectivity index (χ3v) is 3.78. The smallest absolute Gasteiger partial charge is 0.289 e. The summed E-state index contributed by atoms with van der Waals surface area (Å²) in [5.74, 6) is -1.73. The summed E-state index contributed by atoms with van der Waals surface area (Å²) in [6.07, 6.45) is 0. The van der Waals surface area contributed by atoms with Crippen LogP contribution in [0.4, 0.5) is 4.39 Å². The molecule has 1 unspecified atom stereocenters. The Morgan fingerprint density at radius 3 is 2.57 bits per heavy atom. The lowest BCUT2D eigenvalue weighted by Gasteiger charge is -2.39. The van der Waals surface area contributed by atoms with Gasteiger partial charge in [-0.15, -0.1) is 12.4 Å². The number of carbonyl (C=O) groups is 2. The molecule has 6 nitrogen and oxygen atoms in total. The Labute approximate surface area is 140 Å². The molecule has 2 rings (SSSR count). The Bertz CT molecular complexity index is 677. The quantitative estimate of drug-likeness (QED) is 0.861. The van der Waals surface area contributed by atoms with Gasteiger partial charge >= 0.3 is 0 Å². The Balaban J connectivity index is 0.00000264. The maximum absolute atomic E-state index is 14.2. The third-order valence-electron chi connectivity index (χ3n) is 3.78. The van der Waals surface area contributed by atoms with Gasteiger partial charge in [-0.05, 0) is 39.0 Å². The van der Waals surface area contributed by atoms with Crippen molar-refractivity contribution >= 4 is 30.1 Å². The van der Waals surface area contributed by atoms with Gasteiger partial charge in [-0.2, -0.15) is 0 Å². The lowest BCUT2D eigenvalue weighted by molar-refractivity contribution is -0.127. The number of aliphatic imine (C=N–C) groups is 1. The van der Waals surface area contributed by atoms with Crippen molar-refractivity contribution in [1.82, 2.24) is 4.90 Å². The summed E-state index contributed by atoms with van der Waals surface area (Å²) in [7, 11) is 0. The van der Waals surface area contributed by atoms with Gasteiger partial charge in [0, 0.05) is 17.2 Å². The van der Waals surface area contributed by atoms with Crippen LogP contribution in [0.25, 0.3) is 0 Å². The topological polar surface area (TPSA) is 102 Å². The molecule has 0 spiro atoms. The highest BCUT2D eigenvalue weighted by molar-refractivity contribution is 6.37. The van der Waals surface area contributed by atoms with E-state index in [0.29, 0.717) is 0 Å². The van der Waals surface area contributed by atoms with Crippen LogP contribution in [0.2, 0.25) is 0 Å². The van der Waals surface area contributed by atoms with Crippen molar-refractivity contribution in [3.8, 4) is 0 Å². The van der Waals surface area contributed by atoms with Crippen LogP contribution in [-0.4, -0.2) is 35.1 Å². The van der Waals surface area contributed by atoms with Crippen LogP contribution >= 0.6 is 12.4 Å². The highest BCUT2D eigenvalue weighted by Crippen LogP contribution is 2.32. The van der Waals surface area contributed by atoms with Crippen LogP contribution < -0.4 is 11.5 Å². The molecule has 0 bridgehead atoms. The number of primary amides is 1. The molecule has 1 aliphatic rings. The van der Waals surface area contributed by atoms with E-state index in [0.717, 1.165) is 0 Å². The standard InChI is InChI=1S/C15H19FN4O2.ClH/c1-8(2)20-7-15(3,19-12(17)14(20)22)10-6-9(13(18)21)4-5-11(10)16;/h4-6,8H,7H2,1-3H3,(H2,17,19)(H2,18,21);1H. The second kappa shape index (κ2) is 6.54. The molecule has 23 heavy (non-hydrogen) atoms. The van der Waals surface area contributed by atoms with Crippen LogP contribution in [0.5, 0.6) is 0 Å². The lowest BCUT2D eigenvalue weighted by Crippen LogP contribution is -2.54. The van der Waals surface area contributed by atoms with Crippen molar-refractivity contribution in [2.24, 2.45) is 16.5 Å². The molecule has 0 aromatic heterocycles. The van der Waals surface area contributed by atoms with Gasteiger partial charge in [0.1, 0.15) is 11.4 Å². The van der Waals surface area contributed by atoms with Gasteiger partial charge in [0.25, 0.3) is 5.91 Å². The van der Waals surface area contributed by atoms with Crippen molar-refractivity contribution in [3.63, 3.8) is 0 Å². The molecule has 0 saturated heterocycles. The van der Waals surface area contributed by atoms with Gasteiger partial charge in [0.2, 0.25) is 5.91 Å². The number of halogens is 2. The number of amidine groups is 1. The maximum atomic E-state index is 14.2. The highest BCUT2D eigenvalue weighted by atomic mass is 35.5. The summed E-state index contributed by atoms with van der Waals surface area (Å²) < 4.78 is 14.2. The summed E-state index contributed by atoms with van der Waals surface area (Å²) in [5.41, 5.74) is 10.2. The van der Waals surface area contributed by atoms with Crippen molar-refractivity contribution in [2.45, 2.75) is 32.4 Å². The van der Waals surface area contributed by atoms with Crippen LogP contribution in [0.15, 0.2) is 23.2 Å². The number of amides is 2. The Kier molecular flexibility index (Phi) is 5.37. The Morgan fingerprint density at radius 2 is 2.04 bits per heavy atom. The number of rotatable bonds is 3. The van der Waals surface area contributed by atoms with E-state index >= 15 is 0 Å². The molecule has 2 amide bonds. The first-order valence-corrected chi connectivity index (χ1v) is 6.92. The van der Waals surface area contributed by atoms with Gasteiger partial charge in [-0.3, -0.25) is 14.6 Å². The van der Waals surface area contributed by atoms with E-state index in [-0.39, 0.29) is 47.9 Å². The fourth-order valence-corrected chi connectivity index (χ4v) is 2.55. The molecule has 0 fully saturated rings. The second-order valence-electron chi connectivity index (χ2n) is 5.86. The van der Waals surface area contributed by atoms with Crippen molar-refractivity contribution < 1.29 is 14.0 Å². The summed E-state index contributed by atoms with van der Waals surface area (Å²) in [5, 5.41) is 0. The van der Waals surface area contributed by atoms with E-state index in [9.17, 15) is 14.0 Å². The molecule has 0 saturated carbocycles. The minimum absolute atomic E-state index is 0. The highest BCUT2D eigenvalue weighted by Gasteiger charge is 2.40. The largest absolute Gasteiger partial charge is 0.379 e. The molecule has 1 aromatic carbocycles. The number of carbonyl (C=O) groups excluding carboxylic acids is 2. The predicted molar refractivity (Wildman–Crippen MR) is 88.0 cm³/mol. The third kappa shape index (κ3) is 3.44. The summed E-state index contributed by atoms with van der Waals surface area (Å²) in [6, 6.07) is 3.74. The monoisotopic (exact) mass is 342 g/mol. The number of nitrogens with two attached hydrogens (primary N) is 2. The molecule has 1 aliphatic heterocycles. The first-order valence-electron chi connectivity index (χ1n) is 6.92. The first-order chi connectivity index (χ1) is 10.2. The fourth-order valence-electron chi connectivity index (χ4n) is 2.55. The van der Waals surface area contributed by atoms with Gasteiger partial charge < -0.3 is 16.4 Å². The predicted octanol–water partition coefficient (Wildman–Crippen LogP) is 1.17. The van der Waals surface area contributed by atoms with Crippen molar-refractivity contribution in [1.29, 1.82) is 0 Å². The van der Waals surface area contributed by atoms with E-state index in [1.807, 2.05) is 13.8 Å². The Morgan fingerprint density at radius 1 is 1.43 bits per heavy atom. The molecule has 4 N–H and O–H groups in total. The zero-order valence-corrected chi connectivity index (χ0v) is 14.0. The molecule has 8 heteroatoms. The minimum Gasteiger partial charge on any atom is -0.379 e. The summed E-state index contributed by atoms with van der Waals surface area (Å²) in [4.78, 5) is 29.1. The zero-order chi connectivity index (χ0) is 16.7. The van der Waals surface area contributed by atoms with Gasteiger partial charge in [0.05, 0.1) is 6.54 Å². The molecule has 1 atom stereocenters. The lowest BCUT2D eigenvalue weighted by atomic mass is 9.88. The molecule has 1 heterocycles. The maximum Gasteiger partial charge on any atom is 0.289 e. The number of nitrogens with zero attached hydrogens (tertiary/aromatic N) is 2. The van der Waals surface area contributed by atoms with Crippen LogP contribution in [0, 0.1) is 5.82 Å². The Hall–Kier alpha value is -2.15. The molecule has 0 aliphatic carbocycles. The van der Waals surface area contributed by atoms with E-state index in [2.05, 4.69) is 4.99 Å². The van der Waals surface area contributed by atoms with E-state index < -0.39 is 17.3 Å². The molecule has 0 radical (unpaired) electrons. The van der Waals surface area contributed by atoms with Gasteiger partial charge in [-0.25, -0.2) is 4.39 Å². The number of hydrogen-bond donors (Lipinski definition) is 2. The van der Waals surface area contributed by atoms with Gasteiger partial charge in [0.15, 0.2) is 5.84 Å². The first kappa shape index (κ1) is 18.9. The fraction of sp³-hybridized carbons (Fsp3) is 0.400. The minimum atomic E-state index is -1.07. The zero-order valence-electron chi connectivity index (χ0n) is 13.2.